The molecule has 1 aliphatic rings. The van der Waals surface area contributed by atoms with Gasteiger partial charge in [0.15, 0.2) is 0 Å². The van der Waals surface area contributed by atoms with Crippen LogP contribution in [-0.4, -0.2) is 78.1 Å². The first-order valence-corrected chi connectivity index (χ1v) is 8.99. The first-order valence-electron chi connectivity index (χ1n) is 8.11. The van der Waals surface area contributed by atoms with Gasteiger partial charge in [-0.2, -0.15) is 0 Å². The predicted molar refractivity (Wildman–Crippen MR) is 94.9 cm³/mol. The third-order valence-electron chi connectivity index (χ3n) is 4.59. The highest BCUT2D eigenvalue weighted by atomic mass is 32.1. The van der Waals surface area contributed by atoms with Crippen molar-refractivity contribution >= 4 is 17.4 Å². The first kappa shape index (κ1) is 18.2. The lowest BCUT2D eigenvalue weighted by Crippen LogP contribution is -2.55. The van der Waals surface area contributed by atoms with Gasteiger partial charge in [-0.25, -0.2) is 9.78 Å². The number of amides is 2. The van der Waals surface area contributed by atoms with Gasteiger partial charge in [-0.3, -0.25) is 4.90 Å². The van der Waals surface area contributed by atoms with E-state index in [0.717, 1.165) is 43.4 Å². The van der Waals surface area contributed by atoms with Crippen molar-refractivity contribution < 1.29 is 4.79 Å². The fourth-order valence-corrected chi connectivity index (χ4v) is 2.98. The van der Waals surface area contributed by atoms with Crippen LogP contribution in [0.25, 0.3) is 0 Å². The molecule has 0 spiro atoms. The summed E-state index contributed by atoms with van der Waals surface area (Å²) in [5.41, 5.74) is 1.10. The van der Waals surface area contributed by atoms with Gasteiger partial charge < -0.3 is 15.1 Å². The smallest absolute Gasteiger partial charge is 0.317 e. The fraction of sp³-hybridized carbons (Fsp3) is 0.750. The highest BCUT2D eigenvalue weighted by Crippen LogP contribution is 2.13. The van der Waals surface area contributed by atoms with Gasteiger partial charge >= 0.3 is 6.03 Å². The largest absolute Gasteiger partial charge is 0.336 e. The third-order valence-corrected chi connectivity index (χ3v) is 5.42. The summed E-state index contributed by atoms with van der Waals surface area (Å²) >= 11 is 1.69. The van der Waals surface area contributed by atoms with Crippen molar-refractivity contribution in [1.82, 2.24) is 25.0 Å². The van der Waals surface area contributed by atoms with E-state index in [0.29, 0.717) is 6.54 Å². The molecule has 0 aromatic carbocycles. The number of nitrogens with one attached hydrogen (secondary N) is 1. The first-order chi connectivity index (χ1) is 10.8. The number of aromatic nitrogens is 1. The maximum absolute atomic E-state index is 12.3. The van der Waals surface area contributed by atoms with Crippen LogP contribution in [-0.2, 0) is 6.54 Å². The van der Waals surface area contributed by atoms with Crippen LogP contribution in [0.5, 0.6) is 0 Å². The monoisotopic (exact) mass is 339 g/mol. The van der Waals surface area contributed by atoms with Gasteiger partial charge in [-0.15, -0.1) is 11.3 Å². The van der Waals surface area contributed by atoms with Crippen LogP contribution in [0.2, 0.25) is 0 Å². The Hall–Kier alpha value is -1.18. The summed E-state index contributed by atoms with van der Waals surface area (Å²) < 4.78 is 0. The molecule has 1 fully saturated rings. The van der Waals surface area contributed by atoms with Gasteiger partial charge in [0.25, 0.3) is 0 Å². The Bertz CT molecular complexity index is 520. The Morgan fingerprint density at radius 3 is 2.52 bits per heavy atom. The molecule has 2 amide bonds. The quantitative estimate of drug-likeness (QED) is 0.886. The van der Waals surface area contributed by atoms with Crippen LogP contribution in [0.1, 0.15) is 24.5 Å². The average Bonchev–Trinajstić information content (AvgIpc) is 2.90. The summed E-state index contributed by atoms with van der Waals surface area (Å²) in [4.78, 5) is 23.2. The summed E-state index contributed by atoms with van der Waals surface area (Å²) in [6, 6.07) is 0.0454. The Morgan fingerprint density at radius 1 is 1.35 bits per heavy atom. The minimum absolute atomic E-state index is 0.0417. The molecule has 7 heteroatoms. The van der Waals surface area contributed by atoms with E-state index in [4.69, 9.17) is 0 Å². The number of hydrogen-bond donors (Lipinski definition) is 1. The minimum atomic E-state index is -0.0417. The molecule has 1 aromatic rings. The number of piperazine rings is 1. The summed E-state index contributed by atoms with van der Waals surface area (Å²) in [6.07, 6.45) is 0. The van der Waals surface area contributed by atoms with E-state index in [1.807, 2.05) is 25.9 Å². The zero-order valence-corrected chi connectivity index (χ0v) is 15.7. The van der Waals surface area contributed by atoms with E-state index in [1.165, 1.54) is 0 Å². The van der Waals surface area contributed by atoms with Gasteiger partial charge in [0.2, 0.25) is 0 Å². The van der Waals surface area contributed by atoms with Crippen LogP contribution >= 0.6 is 11.3 Å². The zero-order chi connectivity index (χ0) is 17.0. The van der Waals surface area contributed by atoms with Crippen molar-refractivity contribution in [3.05, 3.63) is 16.1 Å². The van der Waals surface area contributed by atoms with Gasteiger partial charge in [0.1, 0.15) is 0 Å². The van der Waals surface area contributed by atoms with E-state index in [-0.39, 0.29) is 11.6 Å². The molecule has 0 radical (unpaired) electrons. The fourth-order valence-electron chi connectivity index (χ4n) is 2.38. The van der Waals surface area contributed by atoms with Crippen molar-refractivity contribution in [3.63, 3.8) is 0 Å². The molecule has 1 aromatic heterocycles. The highest BCUT2D eigenvalue weighted by molar-refractivity contribution is 7.09. The van der Waals surface area contributed by atoms with Crippen LogP contribution < -0.4 is 5.32 Å². The number of aryl methyl sites for hydroxylation is 1. The molecule has 2 heterocycles. The number of likely N-dealkylation sites (N-methyl/N-ethyl adjacent to an activating group) is 1. The number of thiazole rings is 1. The van der Waals surface area contributed by atoms with Crippen molar-refractivity contribution in [3.8, 4) is 0 Å². The van der Waals surface area contributed by atoms with Crippen molar-refractivity contribution in [1.29, 1.82) is 0 Å². The molecule has 0 atom stereocenters. The molecule has 0 aliphatic carbocycles. The molecule has 0 saturated carbocycles. The number of hydrogen-bond acceptors (Lipinski definition) is 5. The van der Waals surface area contributed by atoms with Gasteiger partial charge in [0, 0.05) is 50.2 Å². The molecular weight excluding hydrogens is 310 g/mol. The second-order valence-corrected chi connectivity index (χ2v) is 8.05. The Balaban J connectivity index is 1.74. The van der Waals surface area contributed by atoms with E-state index in [1.54, 1.807) is 11.3 Å². The van der Waals surface area contributed by atoms with Crippen LogP contribution in [0.4, 0.5) is 4.79 Å². The normalized spacial score (nSPS) is 16.9. The van der Waals surface area contributed by atoms with Crippen molar-refractivity contribution in [2.24, 2.45) is 0 Å². The summed E-state index contributed by atoms with van der Waals surface area (Å²) in [6.45, 7) is 11.2. The van der Waals surface area contributed by atoms with Crippen molar-refractivity contribution in [2.45, 2.75) is 32.9 Å². The summed E-state index contributed by atoms with van der Waals surface area (Å²) in [5.74, 6) is 0. The van der Waals surface area contributed by atoms with E-state index >= 15 is 0 Å². The maximum atomic E-state index is 12.3. The molecule has 1 aliphatic heterocycles. The number of carbonyl (C=O) groups excluding carboxylic acids is 1. The van der Waals surface area contributed by atoms with Gasteiger partial charge in [-0.05, 0) is 34.9 Å². The van der Waals surface area contributed by atoms with Gasteiger partial charge in [0.05, 0.1) is 10.7 Å². The molecule has 23 heavy (non-hydrogen) atoms. The van der Waals surface area contributed by atoms with Crippen molar-refractivity contribution in [2.75, 3.05) is 46.8 Å². The summed E-state index contributed by atoms with van der Waals surface area (Å²) in [7, 11) is 4.07. The predicted octanol–water partition coefficient (Wildman–Crippen LogP) is 1.62. The molecular formula is C16H29N5OS. The Kier molecular flexibility index (Phi) is 6.00. The van der Waals surface area contributed by atoms with E-state index in [9.17, 15) is 4.79 Å². The lowest BCUT2D eigenvalue weighted by Gasteiger charge is -2.36. The average molecular weight is 340 g/mol. The number of carbonyl (C=O) groups is 1. The lowest BCUT2D eigenvalue weighted by molar-refractivity contribution is 0.128. The number of rotatable bonds is 5. The molecule has 130 valence electrons. The Morgan fingerprint density at radius 2 is 2.00 bits per heavy atom. The lowest BCUT2D eigenvalue weighted by atomic mass is 10.0. The van der Waals surface area contributed by atoms with E-state index < -0.39 is 0 Å². The van der Waals surface area contributed by atoms with Crippen LogP contribution in [0, 0.1) is 6.92 Å². The van der Waals surface area contributed by atoms with E-state index in [2.05, 4.69) is 39.3 Å². The number of nitrogens with zero attached hydrogens (tertiary/aromatic N) is 4. The van der Waals surface area contributed by atoms with Crippen LogP contribution in [0.15, 0.2) is 5.38 Å². The van der Waals surface area contributed by atoms with Gasteiger partial charge in [-0.1, -0.05) is 0 Å². The maximum Gasteiger partial charge on any atom is 0.317 e. The SMILES string of the molecule is Cc1nc(CN2CCN(C(=O)NCC(C)(C)N(C)C)CC2)cs1. The molecule has 6 nitrogen and oxygen atoms in total. The molecule has 2 rings (SSSR count). The Labute approximate surface area is 143 Å². The molecule has 0 unspecified atom stereocenters. The molecule has 1 saturated heterocycles. The minimum Gasteiger partial charge on any atom is -0.336 e. The second kappa shape index (κ2) is 7.59. The number of urea groups is 1. The van der Waals surface area contributed by atoms with Crippen LogP contribution in [0.3, 0.4) is 0 Å². The molecule has 0 bridgehead atoms. The summed E-state index contributed by atoms with van der Waals surface area (Å²) in [5, 5.41) is 6.29. The zero-order valence-electron chi connectivity index (χ0n) is 14.9. The topological polar surface area (TPSA) is 51.7 Å². The second-order valence-electron chi connectivity index (χ2n) is 6.99. The standard InChI is InChI=1S/C16H29N5OS/c1-13-18-14(11-23-13)10-20-6-8-21(9-7-20)15(22)17-12-16(2,3)19(4)5/h11H,6-10,12H2,1-5H3,(H,17,22). The third kappa shape index (κ3) is 5.16. The molecule has 1 N–H and O–H groups in total. The highest BCUT2D eigenvalue weighted by Gasteiger charge is 2.25.